The molecule has 0 unspecified atom stereocenters. The van der Waals surface area contributed by atoms with E-state index in [1.54, 1.807) is 0 Å². The van der Waals surface area contributed by atoms with Gasteiger partial charge in [0.1, 0.15) is 0 Å². The van der Waals surface area contributed by atoms with Crippen molar-refractivity contribution in [3.05, 3.63) is 0 Å². The molecule has 1 aliphatic rings. The molecule has 1 saturated carbocycles. The van der Waals surface area contributed by atoms with Crippen molar-refractivity contribution in [2.24, 2.45) is 17.1 Å². The Morgan fingerprint density at radius 1 is 1.19 bits per heavy atom. The van der Waals surface area contributed by atoms with E-state index in [0.717, 1.165) is 5.92 Å². The van der Waals surface area contributed by atoms with Gasteiger partial charge in [0.25, 0.3) is 0 Å². The fraction of sp³-hybridized carbons (Fsp3) is 1.00. The van der Waals surface area contributed by atoms with Gasteiger partial charge >= 0.3 is 0 Å². The molecule has 2 N–H and O–H groups in total. The van der Waals surface area contributed by atoms with Crippen molar-refractivity contribution in [3.63, 3.8) is 0 Å². The highest BCUT2D eigenvalue weighted by Gasteiger charge is 2.31. The summed E-state index contributed by atoms with van der Waals surface area (Å²) < 4.78 is 0. The van der Waals surface area contributed by atoms with Crippen molar-refractivity contribution in [2.75, 3.05) is 0 Å². The van der Waals surface area contributed by atoms with E-state index >= 15 is 0 Å². The number of hydrogen-bond acceptors (Lipinski definition) is 1. The van der Waals surface area contributed by atoms with E-state index in [9.17, 15) is 0 Å². The van der Waals surface area contributed by atoms with Crippen molar-refractivity contribution in [1.82, 2.24) is 0 Å². The van der Waals surface area contributed by atoms with Crippen LogP contribution < -0.4 is 5.73 Å². The molecule has 1 rings (SSSR count). The van der Waals surface area contributed by atoms with Crippen molar-refractivity contribution in [2.45, 2.75) is 84.6 Å². The van der Waals surface area contributed by atoms with E-state index in [1.165, 1.54) is 51.4 Å². The predicted octanol–water partition coefficient (Wildman–Crippen LogP) is 4.50. The maximum Gasteiger partial charge on any atom is 0.0154 e. The van der Waals surface area contributed by atoms with Gasteiger partial charge < -0.3 is 5.73 Å². The van der Waals surface area contributed by atoms with Gasteiger partial charge in [0.2, 0.25) is 0 Å². The highest BCUT2D eigenvalue weighted by molar-refractivity contribution is 4.90. The molecule has 0 bridgehead atoms. The summed E-state index contributed by atoms with van der Waals surface area (Å²) in [6.07, 6.45) is 10.5. The summed E-state index contributed by atoms with van der Waals surface area (Å²) >= 11 is 0. The van der Waals surface area contributed by atoms with Gasteiger partial charge in [-0.15, -0.1) is 0 Å². The first kappa shape index (κ1) is 14.0. The molecule has 1 heteroatoms. The van der Waals surface area contributed by atoms with Crippen molar-refractivity contribution in [1.29, 1.82) is 0 Å². The maximum atomic E-state index is 6.52. The number of nitrogens with two attached hydrogens (primary N) is 1. The topological polar surface area (TPSA) is 26.0 Å². The third-order valence-electron chi connectivity index (χ3n) is 4.17. The van der Waals surface area contributed by atoms with Crippen LogP contribution in [0.4, 0.5) is 0 Å². The van der Waals surface area contributed by atoms with Crippen LogP contribution in [0.3, 0.4) is 0 Å². The average molecular weight is 225 g/mol. The fourth-order valence-corrected chi connectivity index (χ4v) is 2.82. The Bertz CT molecular complexity index is 194. The molecule has 0 heterocycles. The molecule has 96 valence electrons. The summed E-state index contributed by atoms with van der Waals surface area (Å²) in [4.78, 5) is 0. The van der Waals surface area contributed by atoms with Crippen LogP contribution in [-0.4, -0.2) is 5.54 Å². The Kier molecular flexibility index (Phi) is 4.85. The SMILES string of the molecule is CCCC1CCC(N)(CCC(C)(C)C)CC1. The minimum atomic E-state index is 0.164. The van der Waals surface area contributed by atoms with Crippen LogP contribution in [0.1, 0.15) is 79.1 Å². The highest BCUT2D eigenvalue weighted by atomic mass is 14.7. The lowest BCUT2D eigenvalue weighted by atomic mass is 9.71. The molecule has 1 aliphatic carbocycles. The zero-order valence-corrected chi connectivity index (χ0v) is 11.8. The molecule has 0 aliphatic heterocycles. The lowest BCUT2D eigenvalue weighted by Crippen LogP contribution is -2.43. The van der Waals surface area contributed by atoms with E-state index in [-0.39, 0.29) is 5.54 Å². The summed E-state index contributed by atoms with van der Waals surface area (Å²) in [5.41, 5.74) is 7.13. The van der Waals surface area contributed by atoms with Gasteiger partial charge in [-0.05, 0) is 49.9 Å². The first-order valence-electron chi connectivity index (χ1n) is 7.13. The lowest BCUT2D eigenvalue weighted by Gasteiger charge is -2.38. The zero-order chi connectivity index (χ0) is 12.2. The average Bonchev–Trinajstić information content (AvgIpc) is 2.19. The summed E-state index contributed by atoms with van der Waals surface area (Å²) in [6, 6.07) is 0. The zero-order valence-electron chi connectivity index (χ0n) is 11.8. The van der Waals surface area contributed by atoms with Gasteiger partial charge in [0.05, 0.1) is 0 Å². The number of rotatable bonds is 4. The molecule has 1 fully saturated rings. The van der Waals surface area contributed by atoms with Crippen LogP contribution in [0.25, 0.3) is 0 Å². The van der Waals surface area contributed by atoms with Gasteiger partial charge in [0.15, 0.2) is 0 Å². The first-order chi connectivity index (χ1) is 7.35. The molecule has 0 aromatic carbocycles. The lowest BCUT2D eigenvalue weighted by molar-refractivity contribution is 0.190. The Hall–Kier alpha value is -0.0400. The quantitative estimate of drug-likeness (QED) is 0.749. The van der Waals surface area contributed by atoms with Crippen LogP contribution in [0.5, 0.6) is 0 Å². The van der Waals surface area contributed by atoms with E-state index in [2.05, 4.69) is 27.7 Å². The largest absolute Gasteiger partial charge is 0.325 e. The van der Waals surface area contributed by atoms with E-state index < -0.39 is 0 Å². The molecular weight excluding hydrogens is 194 g/mol. The van der Waals surface area contributed by atoms with Crippen LogP contribution in [-0.2, 0) is 0 Å². The Balaban J connectivity index is 2.32. The van der Waals surface area contributed by atoms with Crippen molar-refractivity contribution >= 4 is 0 Å². The molecule has 0 atom stereocenters. The van der Waals surface area contributed by atoms with Crippen LogP contribution in [0.15, 0.2) is 0 Å². The molecule has 0 aromatic heterocycles. The first-order valence-corrected chi connectivity index (χ1v) is 7.13. The van der Waals surface area contributed by atoms with Gasteiger partial charge in [-0.2, -0.15) is 0 Å². The normalized spacial score (nSPS) is 31.7. The summed E-state index contributed by atoms with van der Waals surface area (Å²) in [5, 5.41) is 0. The minimum absolute atomic E-state index is 0.164. The second-order valence-corrected chi connectivity index (χ2v) is 7.16. The monoisotopic (exact) mass is 225 g/mol. The van der Waals surface area contributed by atoms with Gasteiger partial charge in [-0.25, -0.2) is 0 Å². The van der Waals surface area contributed by atoms with Gasteiger partial charge in [0, 0.05) is 5.54 Å². The molecule has 0 saturated heterocycles. The van der Waals surface area contributed by atoms with Crippen molar-refractivity contribution in [3.8, 4) is 0 Å². The minimum Gasteiger partial charge on any atom is -0.325 e. The van der Waals surface area contributed by atoms with Gasteiger partial charge in [-0.3, -0.25) is 0 Å². The fourth-order valence-electron chi connectivity index (χ4n) is 2.82. The Morgan fingerprint density at radius 3 is 2.19 bits per heavy atom. The van der Waals surface area contributed by atoms with Crippen LogP contribution in [0.2, 0.25) is 0 Å². The van der Waals surface area contributed by atoms with E-state index in [4.69, 9.17) is 5.73 Å². The molecule has 0 spiro atoms. The molecule has 0 radical (unpaired) electrons. The highest BCUT2D eigenvalue weighted by Crippen LogP contribution is 2.37. The van der Waals surface area contributed by atoms with Gasteiger partial charge in [-0.1, -0.05) is 40.5 Å². The van der Waals surface area contributed by atoms with Crippen molar-refractivity contribution < 1.29 is 0 Å². The molecule has 0 aromatic rings. The van der Waals surface area contributed by atoms with E-state index in [0.29, 0.717) is 5.41 Å². The summed E-state index contributed by atoms with van der Waals surface area (Å²) in [7, 11) is 0. The predicted molar refractivity (Wildman–Crippen MR) is 72.5 cm³/mol. The van der Waals surface area contributed by atoms with Crippen LogP contribution in [0, 0.1) is 11.3 Å². The third-order valence-corrected chi connectivity index (χ3v) is 4.17. The smallest absolute Gasteiger partial charge is 0.0154 e. The maximum absolute atomic E-state index is 6.52. The standard InChI is InChI=1S/C15H31N/c1-5-6-13-7-9-15(16,10-8-13)12-11-14(2,3)4/h13H,5-12,16H2,1-4H3. The van der Waals surface area contributed by atoms with Crippen LogP contribution >= 0.6 is 0 Å². The van der Waals surface area contributed by atoms with E-state index in [1.807, 2.05) is 0 Å². The summed E-state index contributed by atoms with van der Waals surface area (Å²) in [6.45, 7) is 9.25. The Morgan fingerprint density at radius 2 is 1.75 bits per heavy atom. The second kappa shape index (κ2) is 5.53. The summed E-state index contributed by atoms with van der Waals surface area (Å²) in [5.74, 6) is 0.969. The second-order valence-electron chi connectivity index (χ2n) is 7.16. The Labute approximate surface area is 102 Å². The number of hydrogen-bond donors (Lipinski definition) is 1. The molecule has 1 nitrogen and oxygen atoms in total. The molecular formula is C15H31N. The molecule has 16 heavy (non-hydrogen) atoms. The third kappa shape index (κ3) is 4.86. The molecule has 0 amide bonds.